The first-order valence-electron chi connectivity index (χ1n) is 7.46. The summed E-state index contributed by atoms with van der Waals surface area (Å²) in [5.41, 5.74) is -0.112. The Morgan fingerprint density at radius 1 is 1.00 bits per heavy atom. The van der Waals surface area contributed by atoms with Gasteiger partial charge in [0.25, 0.3) is 5.91 Å². The molecule has 0 bridgehead atoms. The Labute approximate surface area is 141 Å². The number of halogens is 3. The standard InChI is InChI=1S/C18H14F3N3O/c19-18(20,21)14-8-9-15(22-12-14)23-17(25)16(24-10-4-5-11-24)13-6-2-1-3-7-13/h1-12,16H,(H,22,23,25)/t16-/m1/s1. The van der Waals surface area contributed by atoms with Gasteiger partial charge >= 0.3 is 6.18 Å². The third-order valence-electron chi connectivity index (χ3n) is 3.63. The van der Waals surface area contributed by atoms with Crippen molar-refractivity contribution in [2.75, 3.05) is 5.32 Å². The first kappa shape index (κ1) is 16.8. The zero-order valence-electron chi connectivity index (χ0n) is 12.9. The first-order valence-corrected chi connectivity index (χ1v) is 7.46. The fraction of sp³-hybridized carbons (Fsp3) is 0.111. The number of rotatable bonds is 4. The van der Waals surface area contributed by atoms with E-state index >= 15 is 0 Å². The van der Waals surface area contributed by atoms with Crippen molar-refractivity contribution in [1.29, 1.82) is 0 Å². The second-order valence-electron chi connectivity index (χ2n) is 5.36. The molecule has 3 rings (SSSR count). The summed E-state index contributed by atoms with van der Waals surface area (Å²) in [4.78, 5) is 16.4. The molecule has 2 aromatic heterocycles. The molecule has 1 aromatic carbocycles. The van der Waals surface area contributed by atoms with Crippen LogP contribution in [-0.2, 0) is 11.0 Å². The zero-order chi connectivity index (χ0) is 17.9. The molecular formula is C18H14F3N3O. The molecule has 0 aliphatic rings. The molecule has 0 unspecified atom stereocenters. The third-order valence-corrected chi connectivity index (χ3v) is 3.63. The Hall–Kier alpha value is -3.09. The van der Waals surface area contributed by atoms with Gasteiger partial charge in [0.1, 0.15) is 11.9 Å². The topological polar surface area (TPSA) is 46.9 Å². The van der Waals surface area contributed by atoms with Gasteiger partial charge in [-0.2, -0.15) is 13.2 Å². The van der Waals surface area contributed by atoms with Crippen molar-refractivity contribution in [3.63, 3.8) is 0 Å². The quantitative estimate of drug-likeness (QED) is 0.773. The van der Waals surface area contributed by atoms with Gasteiger partial charge < -0.3 is 9.88 Å². The van der Waals surface area contributed by atoms with Crippen molar-refractivity contribution in [1.82, 2.24) is 9.55 Å². The molecule has 1 amide bonds. The van der Waals surface area contributed by atoms with E-state index in [0.29, 0.717) is 6.20 Å². The average molecular weight is 345 g/mol. The highest BCUT2D eigenvalue weighted by Gasteiger charge is 2.31. The second-order valence-corrected chi connectivity index (χ2v) is 5.36. The molecule has 25 heavy (non-hydrogen) atoms. The van der Waals surface area contributed by atoms with E-state index in [1.54, 1.807) is 29.1 Å². The maximum atomic E-state index is 12.7. The van der Waals surface area contributed by atoms with Crippen LogP contribution in [0.25, 0.3) is 0 Å². The molecular weight excluding hydrogens is 331 g/mol. The van der Waals surface area contributed by atoms with Crippen LogP contribution >= 0.6 is 0 Å². The van der Waals surface area contributed by atoms with Gasteiger partial charge in [-0.25, -0.2) is 4.98 Å². The van der Waals surface area contributed by atoms with Crippen molar-refractivity contribution < 1.29 is 18.0 Å². The largest absolute Gasteiger partial charge is 0.417 e. The number of nitrogens with zero attached hydrogens (tertiary/aromatic N) is 2. The maximum absolute atomic E-state index is 12.7. The van der Waals surface area contributed by atoms with Gasteiger partial charge in [0.15, 0.2) is 0 Å². The first-order chi connectivity index (χ1) is 11.9. The summed E-state index contributed by atoms with van der Waals surface area (Å²) in [6.45, 7) is 0. The summed E-state index contributed by atoms with van der Waals surface area (Å²) in [7, 11) is 0. The summed E-state index contributed by atoms with van der Waals surface area (Å²) >= 11 is 0. The fourth-order valence-corrected chi connectivity index (χ4v) is 2.44. The number of hydrogen-bond acceptors (Lipinski definition) is 2. The Morgan fingerprint density at radius 2 is 1.68 bits per heavy atom. The SMILES string of the molecule is O=C(Nc1ccc(C(F)(F)F)cn1)[C@@H](c1ccccc1)n1cccc1. The number of alkyl halides is 3. The Bertz CT molecular complexity index is 828. The lowest BCUT2D eigenvalue weighted by Crippen LogP contribution is -2.26. The minimum atomic E-state index is -4.47. The van der Waals surface area contributed by atoms with E-state index in [0.717, 1.165) is 17.7 Å². The smallest absolute Gasteiger partial charge is 0.338 e. The number of nitrogens with one attached hydrogen (secondary N) is 1. The highest BCUT2D eigenvalue weighted by atomic mass is 19.4. The molecule has 0 aliphatic carbocycles. The lowest BCUT2D eigenvalue weighted by Gasteiger charge is -2.19. The van der Waals surface area contributed by atoms with Gasteiger partial charge in [0, 0.05) is 18.6 Å². The molecule has 0 radical (unpaired) electrons. The minimum Gasteiger partial charge on any atom is -0.338 e. The number of carbonyl (C=O) groups is 1. The van der Waals surface area contributed by atoms with Crippen molar-refractivity contribution in [3.8, 4) is 0 Å². The predicted molar refractivity (Wildman–Crippen MR) is 86.9 cm³/mol. The van der Waals surface area contributed by atoms with Gasteiger partial charge in [-0.3, -0.25) is 4.79 Å². The number of benzene rings is 1. The monoisotopic (exact) mass is 345 g/mol. The van der Waals surface area contributed by atoms with Gasteiger partial charge in [-0.15, -0.1) is 0 Å². The number of amides is 1. The van der Waals surface area contributed by atoms with E-state index in [9.17, 15) is 18.0 Å². The zero-order valence-corrected chi connectivity index (χ0v) is 12.9. The molecule has 4 nitrogen and oxygen atoms in total. The third kappa shape index (κ3) is 3.88. The molecule has 0 saturated heterocycles. The Kier molecular flexibility index (Phi) is 4.56. The summed E-state index contributed by atoms with van der Waals surface area (Å²) in [5, 5.41) is 2.57. The maximum Gasteiger partial charge on any atom is 0.417 e. The summed E-state index contributed by atoms with van der Waals surface area (Å²) in [5.74, 6) is -0.333. The van der Waals surface area contributed by atoms with E-state index in [1.807, 2.05) is 30.3 Å². The van der Waals surface area contributed by atoms with Crippen molar-refractivity contribution in [2.24, 2.45) is 0 Å². The highest BCUT2D eigenvalue weighted by Crippen LogP contribution is 2.29. The predicted octanol–water partition coefficient (Wildman–Crippen LogP) is 4.13. The van der Waals surface area contributed by atoms with E-state index in [2.05, 4.69) is 10.3 Å². The van der Waals surface area contributed by atoms with Gasteiger partial charge in [-0.05, 0) is 29.8 Å². The average Bonchev–Trinajstić information content (AvgIpc) is 3.10. The lowest BCUT2D eigenvalue weighted by molar-refractivity contribution is -0.137. The minimum absolute atomic E-state index is 0.0612. The van der Waals surface area contributed by atoms with E-state index in [4.69, 9.17) is 0 Å². The van der Waals surface area contributed by atoms with Crippen molar-refractivity contribution >= 4 is 11.7 Å². The van der Waals surface area contributed by atoms with E-state index < -0.39 is 23.7 Å². The van der Waals surface area contributed by atoms with Gasteiger partial charge in [0.2, 0.25) is 0 Å². The lowest BCUT2D eigenvalue weighted by atomic mass is 10.1. The normalized spacial score (nSPS) is 12.6. The van der Waals surface area contributed by atoms with E-state index in [1.165, 1.54) is 0 Å². The Morgan fingerprint density at radius 3 is 2.24 bits per heavy atom. The van der Waals surface area contributed by atoms with Crippen LogP contribution in [0.2, 0.25) is 0 Å². The molecule has 0 spiro atoms. The van der Waals surface area contributed by atoms with Crippen LogP contribution in [0.5, 0.6) is 0 Å². The molecule has 0 saturated carbocycles. The molecule has 3 aromatic rings. The summed E-state index contributed by atoms with van der Waals surface area (Å²) < 4.78 is 39.5. The van der Waals surface area contributed by atoms with Crippen LogP contribution in [0.15, 0.2) is 73.2 Å². The second kappa shape index (κ2) is 6.80. The molecule has 1 N–H and O–H groups in total. The highest BCUT2D eigenvalue weighted by molar-refractivity contribution is 5.95. The fourth-order valence-electron chi connectivity index (χ4n) is 2.44. The Balaban J connectivity index is 1.84. The van der Waals surface area contributed by atoms with Crippen LogP contribution in [0.3, 0.4) is 0 Å². The van der Waals surface area contributed by atoms with Crippen LogP contribution in [-0.4, -0.2) is 15.5 Å². The number of hydrogen-bond donors (Lipinski definition) is 1. The van der Waals surface area contributed by atoms with Gasteiger partial charge in [0.05, 0.1) is 5.56 Å². The van der Waals surface area contributed by atoms with Gasteiger partial charge in [-0.1, -0.05) is 30.3 Å². The molecule has 1 atom stereocenters. The number of carbonyl (C=O) groups excluding carboxylic acids is 1. The summed E-state index contributed by atoms with van der Waals surface area (Å²) in [6, 6.07) is 14.0. The van der Waals surface area contributed by atoms with Crippen molar-refractivity contribution in [3.05, 3.63) is 84.3 Å². The molecule has 128 valence electrons. The van der Waals surface area contributed by atoms with Crippen LogP contribution in [0, 0.1) is 0 Å². The summed E-state index contributed by atoms with van der Waals surface area (Å²) in [6.07, 6.45) is -0.273. The molecule has 0 fully saturated rings. The molecule has 0 aliphatic heterocycles. The number of aromatic nitrogens is 2. The number of anilines is 1. The molecule has 2 heterocycles. The van der Waals surface area contributed by atoms with Crippen LogP contribution in [0.4, 0.5) is 19.0 Å². The van der Waals surface area contributed by atoms with E-state index in [-0.39, 0.29) is 5.82 Å². The van der Waals surface area contributed by atoms with Crippen LogP contribution < -0.4 is 5.32 Å². The van der Waals surface area contributed by atoms with Crippen LogP contribution in [0.1, 0.15) is 17.2 Å². The van der Waals surface area contributed by atoms with Crippen molar-refractivity contribution in [2.45, 2.75) is 12.2 Å². The number of pyridine rings is 1. The molecule has 7 heteroatoms.